The Labute approximate surface area is 113 Å². The zero-order valence-corrected chi connectivity index (χ0v) is 13.1. The smallest absolute Gasteiger partial charge is 0.0210 e. The number of benzene rings is 1. The highest BCUT2D eigenvalue weighted by atomic mass is 14.9. The van der Waals surface area contributed by atoms with Gasteiger partial charge in [-0.3, -0.25) is 0 Å². The van der Waals surface area contributed by atoms with Crippen LogP contribution in [0.15, 0.2) is 18.2 Å². The summed E-state index contributed by atoms with van der Waals surface area (Å²) in [5.74, 6) is 0. The van der Waals surface area contributed by atoms with E-state index in [0.717, 1.165) is 6.54 Å². The molecule has 0 aliphatic rings. The summed E-state index contributed by atoms with van der Waals surface area (Å²) in [5, 5.41) is 3.68. The van der Waals surface area contributed by atoms with Crippen molar-refractivity contribution >= 4 is 0 Å². The second-order valence-corrected chi connectivity index (χ2v) is 7.39. The molecule has 0 amide bonds. The van der Waals surface area contributed by atoms with Gasteiger partial charge >= 0.3 is 0 Å². The molecule has 0 aliphatic heterocycles. The van der Waals surface area contributed by atoms with E-state index in [2.05, 4.69) is 72.0 Å². The van der Waals surface area contributed by atoms with Gasteiger partial charge in [-0.2, -0.15) is 0 Å². The normalized spacial score (nSPS) is 12.8. The van der Waals surface area contributed by atoms with E-state index in [1.807, 2.05) is 0 Å². The number of hydrogen-bond acceptors (Lipinski definition) is 1. The van der Waals surface area contributed by atoms with Crippen molar-refractivity contribution < 1.29 is 0 Å². The maximum absolute atomic E-state index is 3.68. The van der Waals surface area contributed by atoms with Crippen LogP contribution >= 0.6 is 0 Å². The SMILES string of the molecule is Cc1ccc(CNC(C)(C)CC(C)(C)C)cc1C. The van der Waals surface area contributed by atoms with Gasteiger partial charge in [-0.05, 0) is 56.2 Å². The molecule has 0 heterocycles. The molecule has 0 bridgehead atoms. The van der Waals surface area contributed by atoms with Crippen LogP contribution in [0.1, 0.15) is 57.7 Å². The van der Waals surface area contributed by atoms with Crippen LogP contribution in [-0.2, 0) is 6.54 Å². The van der Waals surface area contributed by atoms with Gasteiger partial charge in [0.1, 0.15) is 0 Å². The van der Waals surface area contributed by atoms with E-state index in [0.29, 0.717) is 5.41 Å². The van der Waals surface area contributed by atoms with E-state index >= 15 is 0 Å². The van der Waals surface area contributed by atoms with Crippen LogP contribution in [-0.4, -0.2) is 5.54 Å². The van der Waals surface area contributed by atoms with Crippen LogP contribution < -0.4 is 5.32 Å². The molecule has 0 unspecified atom stereocenters. The van der Waals surface area contributed by atoms with Crippen molar-refractivity contribution in [3.05, 3.63) is 34.9 Å². The topological polar surface area (TPSA) is 12.0 Å². The van der Waals surface area contributed by atoms with Crippen LogP contribution in [0.4, 0.5) is 0 Å². The lowest BCUT2D eigenvalue weighted by Gasteiger charge is -2.33. The monoisotopic (exact) mass is 247 g/mol. The lowest BCUT2D eigenvalue weighted by Crippen LogP contribution is -2.41. The first kappa shape index (κ1) is 15.2. The fraction of sp³-hybridized carbons (Fsp3) is 0.647. The molecular formula is C17H29N. The van der Waals surface area contributed by atoms with E-state index in [-0.39, 0.29) is 5.54 Å². The summed E-state index contributed by atoms with van der Waals surface area (Å²) in [6.07, 6.45) is 1.17. The van der Waals surface area contributed by atoms with Gasteiger partial charge in [0.2, 0.25) is 0 Å². The molecule has 0 saturated heterocycles. The molecule has 0 atom stereocenters. The van der Waals surface area contributed by atoms with Crippen LogP contribution in [0.2, 0.25) is 0 Å². The predicted molar refractivity (Wildman–Crippen MR) is 80.9 cm³/mol. The van der Waals surface area contributed by atoms with Gasteiger partial charge in [0.15, 0.2) is 0 Å². The minimum absolute atomic E-state index is 0.178. The summed E-state index contributed by atoms with van der Waals surface area (Å²) in [4.78, 5) is 0. The quantitative estimate of drug-likeness (QED) is 0.819. The first-order valence-corrected chi connectivity index (χ1v) is 6.90. The third-order valence-electron chi connectivity index (χ3n) is 3.31. The third kappa shape index (κ3) is 5.22. The molecule has 18 heavy (non-hydrogen) atoms. The lowest BCUT2D eigenvalue weighted by atomic mass is 9.81. The first-order chi connectivity index (χ1) is 8.09. The molecule has 1 N–H and O–H groups in total. The highest BCUT2D eigenvalue weighted by Gasteiger charge is 2.24. The Morgan fingerprint density at radius 1 is 0.944 bits per heavy atom. The van der Waals surface area contributed by atoms with Gasteiger partial charge < -0.3 is 5.32 Å². The molecule has 0 aliphatic carbocycles. The fourth-order valence-corrected chi connectivity index (χ4v) is 2.64. The summed E-state index contributed by atoms with van der Waals surface area (Å²) in [6.45, 7) is 16.8. The predicted octanol–water partition coefficient (Wildman–Crippen LogP) is 4.61. The average molecular weight is 247 g/mol. The molecule has 1 aromatic rings. The number of hydrogen-bond donors (Lipinski definition) is 1. The van der Waals surface area contributed by atoms with Crippen molar-refractivity contribution in [2.75, 3.05) is 0 Å². The van der Waals surface area contributed by atoms with Crippen molar-refractivity contribution in [1.82, 2.24) is 5.32 Å². The second-order valence-electron chi connectivity index (χ2n) is 7.39. The van der Waals surface area contributed by atoms with Crippen molar-refractivity contribution in [2.24, 2.45) is 5.41 Å². The van der Waals surface area contributed by atoms with E-state index in [1.54, 1.807) is 0 Å². The Hall–Kier alpha value is -0.820. The van der Waals surface area contributed by atoms with E-state index in [9.17, 15) is 0 Å². The van der Waals surface area contributed by atoms with Gasteiger partial charge in [0.25, 0.3) is 0 Å². The fourth-order valence-electron chi connectivity index (χ4n) is 2.64. The number of aryl methyl sites for hydroxylation is 2. The Morgan fingerprint density at radius 3 is 2.06 bits per heavy atom. The zero-order chi connectivity index (χ0) is 14.0. The highest BCUT2D eigenvalue weighted by Crippen LogP contribution is 2.27. The molecule has 0 spiro atoms. The highest BCUT2D eigenvalue weighted by molar-refractivity contribution is 5.29. The van der Waals surface area contributed by atoms with Crippen LogP contribution in [0, 0.1) is 19.3 Å². The van der Waals surface area contributed by atoms with Crippen molar-refractivity contribution in [3.63, 3.8) is 0 Å². The molecule has 0 aromatic heterocycles. The molecule has 102 valence electrons. The Bertz CT molecular complexity index is 397. The molecule has 0 fully saturated rings. The van der Waals surface area contributed by atoms with E-state index < -0.39 is 0 Å². The summed E-state index contributed by atoms with van der Waals surface area (Å²) >= 11 is 0. The molecule has 0 radical (unpaired) electrons. The van der Waals surface area contributed by atoms with Crippen LogP contribution in [0.25, 0.3) is 0 Å². The molecule has 1 aromatic carbocycles. The largest absolute Gasteiger partial charge is 0.308 e. The minimum atomic E-state index is 0.178. The zero-order valence-electron chi connectivity index (χ0n) is 13.1. The van der Waals surface area contributed by atoms with Gasteiger partial charge in [-0.1, -0.05) is 39.0 Å². The molecular weight excluding hydrogens is 218 g/mol. The Kier molecular flexibility index (Phi) is 4.61. The Balaban J connectivity index is 2.61. The summed E-state index contributed by atoms with van der Waals surface area (Å²) in [6, 6.07) is 6.72. The minimum Gasteiger partial charge on any atom is -0.308 e. The maximum Gasteiger partial charge on any atom is 0.0210 e. The van der Waals surface area contributed by atoms with Gasteiger partial charge in [0.05, 0.1) is 0 Å². The summed E-state index contributed by atoms with van der Waals surface area (Å²) in [7, 11) is 0. The molecule has 1 nitrogen and oxygen atoms in total. The van der Waals surface area contributed by atoms with Crippen LogP contribution in [0.3, 0.4) is 0 Å². The van der Waals surface area contributed by atoms with Gasteiger partial charge in [-0.25, -0.2) is 0 Å². The number of rotatable bonds is 4. The summed E-state index contributed by atoms with van der Waals surface area (Å²) in [5.41, 5.74) is 4.66. The molecule has 1 heteroatoms. The number of nitrogens with one attached hydrogen (secondary N) is 1. The molecule has 1 rings (SSSR count). The first-order valence-electron chi connectivity index (χ1n) is 6.90. The standard InChI is InChI=1S/C17H29N/c1-13-8-9-15(10-14(13)2)11-18-17(6,7)12-16(3,4)5/h8-10,18H,11-12H2,1-7H3. The average Bonchev–Trinajstić information content (AvgIpc) is 2.16. The second kappa shape index (κ2) is 5.44. The lowest BCUT2D eigenvalue weighted by molar-refractivity contribution is 0.240. The van der Waals surface area contributed by atoms with Crippen molar-refractivity contribution in [3.8, 4) is 0 Å². The van der Waals surface area contributed by atoms with Crippen molar-refractivity contribution in [1.29, 1.82) is 0 Å². The van der Waals surface area contributed by atoms with Gasteiger partial charge in [0, 0.05) is 12.1 Å². The van der Waals surface area contributed by atoms with E-state index in [4.69, 9.17) is 0 Å². The third-order valence-corrected chi connectivity index (χ3v) is 3.31. The van der Waals surface area contributed by atoms with E-state index in [1.165, 1.54) is 23.1 Å². The Morgan fingerprint density at radius 2 is 1.56 bits per heavy atom. The maximum atomic E-state index is 3.68. The molecule has 0 saturated carbocycles. The van der Waals surface area contributed by atoms with Crippen molar-refractivity contribution in [2.45, 2.75) is 67.0 Å². The van der Waals surface area contributed by atoms with Gasteiger partial charge in [-0.15, -0.1) is 0 Å². The van der Waals surface area contributed by atoms with Crippen LogP contribution in [0.5, 0.6) is 0 Å². The summed E-state index contributed by atoms with van der Waals surface area (Å²) < 4.78 is 0.